The van der Waals surface area contributed by atoms with Crippen molar-refractivity contribution in [2.24, 2.45) is 11.8 Å². The lowest BCUT2D eigenvalue weighted by Gasteiger charge is -2.36. The molecule has 0 aromatic rings. The lowest BCUT2D eigenvalue weighted by atomic mass is 9.86. The van der Waals surface area contributed by atoms with Crippen molar-refractivity contribution in [1.82, 2.24) is 0 Å². The van der Waals surface area contributed by atoms with E-state index in [0.29, 0.717) is 11.8 Å². The Balaban J connectivity index is 2.14. The summed E-state index contributed by atoms with van der Waals surface area (Å²) in [5, 5.41) is 0. The zero-order valence-electron chi connectivity index (χ0n) is 8.91. The Hall–Kier alpha value is 0.400. The van der Waals surface area contributed by atoms with E-state index in [1.807, 2.05) is 11.8 Å². The van der Waals surface area contributed by atoms with Crippen molar-refractivity contribution in [3.8, 4) is 0 Å². The molecule has 80 valence electrons. The van der Waals surface area contributed by atoms with Gasteiger partial charge >= 0.3 is 0 Å². The molecule has 1 nitrogen and oxygen atoms in total. The maximum atomic E-state index is 6.02. The molecule has 0 amide bonds. The first-order chi connectivity index (χ1) is 6.67. The summed E-state index contributed by atoms with van der Waals surface area (Å²) < 4.78 is 6.02. The van der Waals surface area contributed by atoms with Crippen LogP contribution in [0, 0.1) is 11.8 Å². The van der Waals surface area contributed by atoms with Crippen molar-refractivity contribution >= 4 is 28.8 Å². The predicted octanol–water partition coefficient (Wildman–Crippen LogP) is 3.27. The molecule has 3 aliphatic rings. The van der Waals surface area contributed by atoms with E-state index < -0.39 is 0 Å². The molecule has 14 heavy (non-hydrogen) atoms. The second-order valence-electron chi connectivity index (χ2n) is 4.48. The van der Waals surface area contributed by atoms with E-state index in [9.17, 15) is 0 Å². The van der Waals surface area contributed by atoms with Gasteiger partial charge in [-0.15, -0.1) is 11.8 Å². The number of fused-ring (bicyclic) bond motifs is 4. The van der Waals surface area contributed by atoms with Gasteiger partial charge in [-0.3, -0.25) is 0 Å². The first kappa shape index (κ1) is 10.9. The highest BCUT2D eigenvalue weighted by molar-refractivity contribution is 7.99. The van der Waals surface area contributed by atoms with E-state index in [-0.39, 0.29) is 4.93 Å². The van der Waals surface area contributed by atoms with Crippen LogP contribution in [0.15, 0.2) is 0 Å². The van der Waals surface area contributed by atoms with Crippen LogP contribution in [0.25, 0.3) is 0 Å². The third-order valence-corrected chi connectivity index (χ3v) is 5.33. The summed E-state index contributed by atoms with van der Waals surface area (Å²) in [6.45, 7) is 3.03. The third-order valence-electron chi connectivity index (χ3n) is 3.76. The molecule has 3 atom stereocenters. The molecule has 0 spiro atoms. The maximum Gasteiger partial charge on any atom is 0.113 e. The number of rotatable bonds is 2. The molecule has 2 aliphatic heterocycles. The average Bonchev–Trinajstić information content (AvgIpc) is 2.48. The van der Waals surface area contributed by atoms with Gasteiger partial charge in [-0.2, -0.15) is 0 Å². The Labute approximate surface area is 96.0 Å². The van der Waals surface area contributed by atoms with E-state index in [4.69, 9.17) is 17.0 Å². The van der Waals surface area contributed by atoms with Gasteiger partial charge in [-0.25, -0.2) is 0 Å². The summed E-state index contributed by atoms with van der Waals surface area (Å²) in [4.78, 5) is 1.33. The Morgan fingerprint density at radius 2 is 2.14 bits per heavy atom. The van der Waals surface area contributed by atoms with Gasteiger partial charge in [0.2, 0.25) is 0 Å². The highest BCUT2D eigenvalue weighted by Crippen LogP contribution is 2.47. The van der Waals surface area contributed by atoms with Gasteiger partial charge in [0, 0.05) is 0 Å². The van der Waals surface area contributed by atoms with E-state index in [1.54, 1.807) is 0 Å². The molecule has 3 heteroatoms. The molecule has 1 aliphatic carbocycles. The van der Waals surface area contributed by atoms with Crippen LogP contribution in [-0.4, -0.2) is 22.7 Å². The van der Waals surface area contributed by atoms with Crippen molar-refractivity contribution in [2.75, 3.05) is 12.9 Å². The molecule has 3 rings (SSSR count). The molecule has 0 aromatic carbocycles. The summed E-state index contributed by atoms with van der Waals surface area (Å²) in [6.07, 6.45) is 7.12. The second kappa shape index (κ2) is 4.11. The molecule has 2 bridgehead atoms. The largest absolute Gasteiger partial charge is 0.364 e. The monoisotopic (exact) mass is 230 g/mol. The van der Waals surface area contributed by atoms with Gasteiger partial charge < -0.3 is 4.74 Å². The third kappa shape index (κ3) is 1.86. The summed E-state index contributed by atoms with van der Waals surface area (Å²) in [6, 6.07) is 0. The minimum atomic E-state index is 0.135. The zero-order chi connectivity index (χ0) is 10.2. The minimum absolute atomic E-state index is 0.135. The highest BCUT2D eigenvalue weighted by Gasteiger charge is 2.42. The van der Waals surface area contributed by atoms with E-state index in [1.165, 1.54) is 30.5 Å². The fourth-order valence-corrected chi connectivity index (χ4v) is 3.88. The van der Waals surface area contributed by atoms with Crippen molar-refractivity contribution in [2.45, 2.75) is 37.5 Å². The predicted molar refractivity (Wildman–Crippen MR) is 65.9 cm³/mol. The van der Waals surface area contributed by atoms with Gasteiger partial charge in [0.15, 0.2) is 0 Å². The summed E-state index contributed by atoms with van der Waals surface area (Å²) in [7, 11) is 0. The lowest BCUT2D eigenvalue weighted by molar-refractivity contribution is -0.0285. The molecule has 0 aromatic heterocycles. The van der Waals surface area contributed by atoms with Crippen molar-refractivity contribution < 1.29 is 4.74 Å². The summed E-state index contributed by atoms with van der Waals surface area (Å²) >= 11 is 7.24. The molecule has 2 saturated heterocycles. The van der Waals surface area contributed by atoms with Crippen LogP contribution in [0.3, 0.4) is 0 Å². The van der Waals surface area contributed by atoms with Crippen LogP contribution >= 0.6 is 24.0 Å². The normalized spacial score (nSPS) is 42.1. The van der Waals surface area contributed by atoms with Gasteiger partial charge in [0.05, 0.1) is 6.61 Å². The van der Waals surface area contributed by atoms with Crippen LogP contribution in [0.2, 0.25) is 0 Å². The number of thiocarbonyl (C=S) groups is 1. The molecule has 2 heterocycles. The quantitative estimate of drug-likeness (QED) is 0.674. The van der Waals surface area contributed by atoms with E-state index in [0.717, 1.165) is 6.61 Å². The second-order valence-corrected chi connectivity index (χ2v) is 6.28. The summed E-state index contributed by atoms with van der Waals surface area (Å²) in [5.41, 5.74) is 0. The van der Waals surface area contributed by atoms with Gasteiger partial charge in [-0.05, 0) is 55.6 Å². The Kier molecular flexibility index (Phi) is 3.20. The van der Waals surface area contributed by atoms with Crippen LogP contribution < -0.4 is 0 Å². The molecule has 3 unspecified atom stereocenters. The van der Waals surface area contributed by atoms with Gasteiger partial charge in [0.25, 0.3) is 0 Å². The molecule has 0 radical (unpaired) electrons. The van der Waals surface area contributed by atoms with Crippen LogP contribution in [0.4, 0.5) is 0 Å². The average molecular weight is 230 g/mol. The number of hydrogen-bond donors (Lipinski definition) is 0. The van der Waals surface area contributed by atoms with Gasteiger partial charge in [0.1, 0.15) is 4.93 Å². The number of thioether (sulfide) groups is 1. The molecule has 0 N–H and O–H groups in total. The van der Waals surface area contributed by atoms with Crippen LogP contribution in [-0.2, 0) is 4.74 Å². The Morgan fingerprint density at radius 3 is 2.64 bits per heavy atom. The highest BCUT2D eigenvalue weighted by atomic mass is 32.2. The zero-order valence-corrected chi connectivity index (χ0v) is 10.5. The van der Waals surface area contributed by atoms with Crippen molar-refractivity contribution in [3.05, 3.63) is 0 Å². The maximum absolute atomic E-state index is 6.02. The molecular weight excluding hydrogens is 212 g/mol. The lowest BCUT2D eigenvalue weighted by Crippen LogP contribution is -2.34. The fraction of sp³-hybridized carbons (Fsp3) is 0.909. The Bertz CT molecular complexity index is 231. The number of hydrogen-bond acceptors (Lipinski definition) is 3. The SMILES string of the molecule is CSC12CCC(CO1)C(C(C)=S)CC2. The first-order valence-electron chi connectivity index (χ1n) is 5.36. The topological polar surface area (TPSA) is 9.23 Å². The fourth-order valence-electron chi connectivity index (χ4n) is 2.74. The molecule has 3 fully saturated rings. The van der Waals surface area contributed by atoms with Crippen LogP contribution in [0.1, 0.15) is 32.6 Å². The smallest absolute Gasteiger partial charge is 0.113 e. The molecule has 1 saturated carbocycles. The minimum Gasteiger partial charge on any atom is -0.364 e. The molecular formula is C11H18OS2. The van der Waals surface area contributed by atoms with E-state index >= 15 is 0 Å². The van der Waals surface area contributed by atoms with E-state index in [2.05, 4.69) is 13.2 Å². The van der Waals surface area contributed by atoms with Gasteiger partial charge in [-0.1, -0.05) is 12.2 Å². The van der Waals surface area contributed by atoms with Crippen molar-refractivity contribution in [3.63, 3.8) is 0 Å². The Morgan fingerprint density at radius 1 is 1.43 bits per heavy atom. The van der Waals surface area contributed by atoms with Crippen molar-refractivity contribution in [1.29, 1.82) is 0 Å². The number of ether oxygens (including phenoxy) is 1. The summed E-state index contributed by atoms with van der Waals surface area (Å²) in [5.74, 6) is 1.34. The standard InChI is InChI=1S/C11H18OS2/c1-8(13)10-4-6-11(14-2)5-3-9(10)7-12-11/h9-10H,3-7H2,1-2H3. The van der Waals surface area contributed by atoms with Crippen LogP contribution in [0.5, 0.6) is 0 Å². The first-order valence-corrected chi connectivity index (χ1v) is 7.00.